The van der Waals surface area contributed by atoms with Crippen molar-refractivity contribution in [2.24, 2.45) is 0 Å². The second kappa shape index (κ2) is 4.24. The number of aryl methyl sites for hydroxylation is 1. The number of carbonyl (C=O) groups is 1. The highest BCUT2D eigenvalue weighted by molar-refractivity contribution is 5.93. The van der Waals surface area contributed by atoms with E-state index < -0.39 is 5.97 Å². The molecule has 2 heterocycles. The molecule has 0 aliphatic rings. The van der Waals surface area contributed by atoms with Gasteiger partial charge in [-0.2, -0.15) is 0 Å². The van der Waals surface area contributed by atoms with Crippen molar-refractivity contribution in [3.63, 3.8) is 0 Å². The molecule has 3 rings (SSSR count). The molecule has 2 N–H and O–H groups in total. The molecule has 4 nitrogen and oxygen atoms in total. The van der Waals surface area contributed by atoms with Crippen molar-refractivity contribution >= 4 is 17.0 Å². The Morgan fingerprint density at radius 2 is 1.95 bits per heavy atom. The van der Waals surface area contributed by atoms with Crippen LogP contribution in [0.2, 0.25) is 0 Å². The van der Waals surface area contributed by atoms with Crippen LogP contribution in [-0.4, -0.2) is 21.0 Å². The van der Waals surface area contributed by atoms with Gasteiger partial charge in [-0.1, -0.05) is 29.8 Å². The number of pyridine rings is 1. The zero-order valence-electron chi connectivity index (χ0n) is 10.3. The molecular weight excluding hydrogens is 240 g/mol. The van der Waals surface area contributed by atoms with Crippen LogP contribution in [0.1, 0.15) is 15.9 Å². The Balaban J connectivity index is 2.11. The van der Waals surface area contributed by atoms with Gasteiger partial charge in [0.15, 0.2) is 0 Å². The topological polar surface area (TPSA) is 66.0 Å². The molecule has 0 amide bonds. The van der Waals surface area contributed by atoms with E-state index in [4.69, 9.17) is 5.11 Å². The van der Waals surface area contributed by atoms with Crippen molar-refractivity contribution in [1.82, 2.24) is 9.97 Å². The monoisotopic (exact) mass is 252 g/mol. The van der Waals surface area contributed by atoms with Gasteiger partial charge in [-0.3, -0.25) is 0 Å². The van der Waals surface area contributed by atoms with E-state index >= 15 is 0 Å². The van der Waals surface area contributed by atoms with Gasteiger partial charge in [-0.15, -0.1) is 0 Å². The molecule has 0 saturated heterocycles. The zero-order chi connectivity index (χ0) is 13.4. The number of aromatic amines is 1. The van der Waals surface area contributed by atoms with Gasteiger partial charge in [0.1, 0.15) is 5.65 Å². The number of hydrogen-bond acceptors (Lipinski definition) is 2. The van der Waals surface area contributed by atoms with Crippen LogP contribution in [0.25, 0.3) is 22.3 Å². The van der Waals surface area contributed by atoms with Crippen molar-refractivity contribution in [1.29, 1.82) is 0 Å². The largest absolute Gasteiger partial charge is 0.478 e. The van der Waals surface area contributed by atoms with Gasteiger partial charge in [0.25, 0.3) is 0 Å². The Labute approximate surface area is 109 Å². The summed E-state index contributed by atoms with van der Waals surface area (Å²) in [6, 6.07) is 11.7. The van der Waals surface area contributed by atoms with Gasteiger partial charge in [-0.05, 0) is 24.6 Å². The second-order valence-corrected chi connectivity index (χ2v) is 4.52. The molecule has 19 heavy (non-hydrogen) atoms. The van der Waals surface area contributed by atoms with E-state index in [0.29, 0.717) is 5.65 Å². The Hall–Kier alpha value is -2.62. The van der Waals surface area contributed by atoms with Crippen molar-refractivity contribution in [3.8, 4) is 11.3 Å². The van der Waals surface area contributed by atoms with Gasteiger partial charge in [-0.25, -0.2) is 9.78 Å². The van der Waals surface area contributed by atoms with Crippen LogP contribution in [0, 0.1) is 6.92 Å². The lowest BCUT2D eigenvalue weighted by molar-refractivity contribution is 0.0696. The van der Waals surface area contributed by atoms with Crippen LogP contribution >= 0.6 is 0 Å². The summed E-state index contributed by atoms with van der Waals surface area (Å²) in [6.07, 6.45) is 1.36. The summed E-state index contributed by atoms with van der Waals surface area (Å²) in [5.41, 5.74) is 4.08. The molecule has 0 spiro atoms. The Kier molecular flexibility index (Phi) is 2.56. The second-order valence-electron chi connectivity index (χ2n) is 4.52. The Morgan fingerprint density at radius 3 is 2.63 bits per heavy atom. The average Bonchev–Trinajstić information content (AvgIpc) is 2.82. The molecule has 3 aromatic rings. The summed E-state index contributed by atoms with van der Waals surface area (Å²) in [5.74, 6) is -0.965. The first kappa shape index (κ1) is 11.5. The number of carboxylic acids is 1. The third kappa shape index (κ3) is 2.08. The number of rotatable bonds is 2. The summed E-state index contributed by atoms with van der Waals surface area (Å²) < 4.78 is 0. The SMILES string of the molecule is Cc1ccc(-c2cc3cc(C(=O)O)cnc3[nH]2)cc1. The van der Waals surface area contributed by atoms with Crippen molar-refractivity contribution in [2.75, 3.05) is 0 Å². The van der Waals surface area contributed by atoms with Crippen LogP contribution in [0.4, 0.5) is 0 Å². The summed E-state index contributed by atoms with van der Waals surface area (Å²) in [7, 11) is 0. The van der Waals surface area contributed by atoms with Crippen LogP contribution in [0.15, 0.2) is 42.6 Å². The lowest BCUT2D eigenvalue weighted by Gasteiger charge is -1.97. The van der Waals surface area contributed by atoms with E-state index in [1.807, 2.05) is 37.3 Å². The maximum absolute atomic E-state index is 10.9. The third-order valence-electron chi connectivity index (χ3n) is 3.08. The van der Waals surface area contributed by atoms with E-state index in [0.717, 1.165) is 16.6 Å². The van der Waals surface area contributed by atoms with Crippen LogP contribution < -0.4 is 0 Å². The zero-order valence-corrected chi connectivity index (χ0v) is 10.3. The lowest BCUT2D eigenvalue weighted by Crippen LogP contribution is -1.96. The molecule has 2 aromatic heterocycles. The first-order valence-electron chi connectivity index (χ1n) is 5.92. The fraction of sp³-hybridized carbons (Fsp3) is 0.0667. The summed E-state index contributed by atoms with van der Waals surface area (Å²) in [6.45, 7) is 2.04. The van der Waals surface area contributed by atoms with Crippen LogP contribution in [0.3, 0.4) is 0 Å². The molecule has 1 aromatic carbocycles. The third-order valence-corrected chi connectivity index (χ3v) is 3.08. The number of nitrogens with zero attached hydrogens (tertiary/aromatic N) is 1. The molecule has 0 bridgehead atoms. The summed E-state index contributed by atoms with van der Waals surface area (Å²) in [4.78, 5) is 18.2. The molecule has 0 radical (unpaired) electrons. The minimum atomic E-state index is -0.965. The number of hydrogen-bond donors (Lipinski definition) is 2. The van der Waals surface area contributed by atoms with E-state index in [2.05, 4.69) is 9.97 Å². The van der Waals surface area contributed by atoms with Gasteiger partial charge in [0.05, 0.1) is 5.56 Å². The van der Waals surface area contributed by atoms with Crippen LogP contribution in [-0.2, 0) is 0 Å². The fourth-order valence-electron chi connectivity index (χ4n) is 2.02. The van der Waals surface area contributed by atoms with Crippen molar-refractivity contribution in [3.05, 3.63) is 53.7 Å². The van der Waals surface area contributed by atoms with Crippen molar-refractivity contribution in [2.45, 2.75) is 6.92 Å². The number of fused-ring (bicyclic) bond motifs is 1. The first-order valence-corrected chi connectivity index (χ1v) is 5.92. The number of benzene rings is 1. The Bertz CT molecular complexity index is 757. The molecule has 0 saturated carbocycles. The minimum absolute atomic E-state index is 0.196. The number of aromatic carboxylic acids is 1. The normalized spacial score (nSPS) is 10.8. The predicted octanol–water partition coefficient (Wildman–Crippen LogP) is 3.24. The van der Waals surface area contributed by atoms with E-state index in [-0.39, 0.29) is 5.56 Å². The van der Waals surface area contributed by atoms with E-state index in [9.17, 15) is 4.79 Å². The van der Waals surface area contributed by atoms with Gasteiger partial charge < -0.3 is 10.1 Å². The van der Waals surface area contributed by atoms with Gasteiger partial charge >= 0.3 is 5.97 Å². The number of aromatic nitrogens is 2. The van der Waals surface area contributed by atoms with Crippen LogP contribution in [0.5, 0.6) is 0 Å². The molecule has 4 heteroatoms. The summed E-state index contributed by atoms with van der Waals surface area (Å²) in [5, 5.41) is 9.75. The van der Waals surface area contributed by atoms with E-state index in [1.165, 1.54) is 11.8 Å². The molecule has 0 atom stereocenters. The molecule has 0 unspecified atom stereocenters. The highest BCUT2D eigenvalue weighted by Gasteiger charge is 2.08. The van der Waals surface area contributed by atoms with E-state index in [1.54, 1.807) is 6.07 Å². The molecule has 94 valence electrons. The average molecular weight is 252 g/mol. The fourth-order valence-corrected chi connectivity index (χ4v) is 2.02. The lowest BCUT2D eigenvalue weighted by atomic mass is 10.1. The predicted molar refractivity (Wildman–Crippen MR) is 73.2 cm³/mol. The maximum atomic E-state index is 10.9. The Morgan fingerprint density at radius 1 is 1.21 bits per heavy atom. The molecule has 0 aliphatic heterocycles. The number of nitrogens with one attached hydrogen (secondary N) is 1. The summed E-state index contributed by atoms with van der Waals surface area (Å²) >= 11 is 0. The minimum Gasteiger partial charge on any atom is -0.478 e. The smallest absolute Gasteiger partial charge is 0.337 e. The number of H-pyrrole nitrogens is 1. The highest BCUT2D eigenvalue weighted by Crippen LogP contribution is 2.23. The maximum Gasteiger partial charge on any atom is 0.337 e. The molecule has 0 fully saturated rings. The molecular formula is C15H12N2O2. The molecule has 0 aliphatic carbocycles. The standard InChI is InChI=1S/C15H12N2O2/c1-9-2-4-10(5-3-9)13-7-11-6-12(15(18)19)8-16-14(11)17-13/h2-8H,1H3,(H,16,17)(H,18,19). The first-order chi connectivity index (χ1) is 9.13. The quantitative estimate of drug-likeness (QED) is 0.735. The van der Waals surface area contributed by atoms with Gasteiger partial charge in [0, 0.05) is 17.3 Å². The number of carboxylic acid groups (broad SMARTS) is 1. The highest BCUT2D eigenvalue weighted by atomic mass is 16.4. The van der Waals surface area contributed by atoms with Crippen molar-refractivity contribution < 1.29 is 9.90 Å². The van der Waals surface area contributed by atoms with Gasteiger partial charge in [0.2, 0.25) is 0 Å².